The molecule has 3 heteroatoms. The Labute approximate surface area is 122 Å². The highest BCUT2D eigenvalue weighted by atomic mass is 79.9. The summed E-state index contributed by atoms with van der Waals surface area (Å²) in [6.07, 6.45) is 0.785. The summed E-state index contributed by atoms with van der Waals surface area (Å²) in [5.41, 5.74) is 8.35. The number of nitrogens with two attached hydrogens (primary N) is 1. The Morgan fingerprint density at radius 3 is 2.47 bits per heavy atom. The van der Waals surface area contributed by atoms with Gasteiger partial charge in [0.2, 0.25) is 0 Å². The Bertz CT molecular complexity index is 549. The predicted molar refractivity (Wildman–Crippen MR) is 82.4 cm³/mol. The average Bonchev–Trinajstić information content (AvgIpc) is 2.41. The Balaban J connectivity index is 2.23. The first kappa shape index (κ1) is 14.1. The molecule has 0 radical (unpaired) electrons. The summed E-state index contributed by atoms with van der Waals surface area (Å²) >= 11 is 3.44. The first-order chi connectivity index (χ1) is 9.01. The molecule has 0 heterocycles. The van der Waals surface area contributed by atoms with Crippen LogP contribution in [-0.2, 0) is 12.0 Å². The molecule has 2 aromatic carbocycles. The number of halogens is 1. The Morgan fingerprint density at radius 1 is 1.16 bits per heavy atom. The molecule has 0 fully saturated rings. The van der Waals surface area contributed by atoms with E-state index in [4.69, 9.17) is 10.5 Å². The molecule has 1 unspecified atom stereocenters. The van der Waals surface area contributed by atoms with Crippen LogP contribution in [-0.4, -0.2) is 7.11 Å². The third kappa shape index (κ3) is 3.58. The van der Waals surface area contributed by atoms with Crippen LogP contribution in [0, 0.1) is 0 Å². The highest BCUT2D eigenvalue weighted by Crippen LogP contribution is 2.26. The van der Waals surface area contributed by atoms with Gasteiger partial charge in [0.25, 0.3) is 0 Å². The van der Waals surface area contributed by atoms with Crippen molar-refractivity contribution in [1.82, 2.24) is 0 Å². The first-order valence-corrected chi connectivity index (χ1v) is 6.98. The van der Waals surface area contributed by atoms with Crippen LogP contribution in [0.4, 0.5) is 0 Å². The molecule has 0 aromatic heterocycles. The van der Waals surface area contributed by atoms with Crippen LogP contribution in [0.25, 0.3) is 0 Å². The summed E-state index contributed by atoms with van der Waals surface area (Å²) in [5, 5.41) is 0. The molecule has 2 nitrogen and oxygen atoms in total. The topological polar surface area (TPSA) is 35.2 Å². The van der Waals surface area contributed by atoms with Gasteiger partial charge in [0.15, 0.2) is 0 Å². The second-order valence-electron chi connectivity index (χ2n) is 4.95. The normalized spacial score (nSPS) is 13.9. The predicted octanol–water partition coefficient (Wildman–Crippen LogP) is 3.87. The second kappa shape index (κ2) is 5.76. The van der Waals surface area contributed by atoms with Crippen LogP contribution >= 0.6 is 15.9 Å². The number of hydrogen-bond donors (Lipinski definition) is 1. The van der Waals surface area contributed by atoms with Crippen LogP contribution in [0.3, 0.4) is 0 Å². The van der Waals surface area contributed by atoms with Gasteiger partial charge in [0.1, 0.15) is 5.75 Å². The summed E-state index contributed by atoms with van der Waals surface area (Å²) < 4.78 is 6.33. The van der Waals surface area contributed by atoms with E-state index in [9.17, 15) is 0 Å². The van der Waals surface area contributed by atoms with Crippen molar-refractivity contribution in [2.75, 3.05) is 7.11 Å². The van der Waals surface area contributed by atoms with E-state index in [0.717, 1.165) is 22.2 Å². The maximum atomic E-state index is 6.46. The van der Waals surface area contributed by atoms with Gasteiger partial charge >= 0.3 is 0 Å². The maximum absolute atomic E-state index is 6.46. The molecule has 0 aliphatic rings. The zero-order valence-electron chi connectivity index (χ0n) is 11.2. The van der Waals surface area contributed by atoms with Gasteiger partial charge in [-0.3, -0.25) is 0 Å². The van der Waals surface area contributed by atoms with Gasteiger partial charge in [-0.2, -0.15) is 0 Å². The molecule has 100 valence electrons. The van der Waals surface area contributed by atoms with Crippen molar-refractivity contribution in [2.24, 2.45) is 5.73 Å². The minimum absolute atomic E-state index is 0.414. The van der Waals surface area contributed by atoms with E-state index >= 15 is 0 Å². The number of rotatable bonds is 4. The highest BCUT2D eigenvalue weighted by Gasteiger charge is 2.22. The van der Waals surface area contributed by atoms with Crippen molar-refractivity contribution >= 4 is 15.9 Å². The number of hydrogen-bond acceptors (Lipinski definition) is 2. The summed E-state index contributed by atoms with van der Waals surface area (Å²) in [6.45, 7) is 2.05. The van der Waals surface area contributed by atoms with Crippen molar-refractivity contribution in [3.63, 3.8) is 0 Å². The standard InChI is InChI=1S/C16H18BrNO/c1-16(18,11-12-6-8-14(17)9-7-12)13-4-3-5-15(10-13)19-2/h3-10H,11,18H2,1-2H3. The molecule has 2 aromatic rings. The van der Waals surface area contributed by atoms with E-state index in [2.05, 4.69) is 28.1 Å². The summed E-state index contributed by atoms with van der Waals surface area (Å²) in [5.74, 6) is 0.838. The smallest absolute Gasteiger partial charge is 0.119 e. The highest BCUT2D eigenvalue weighted by molar-refractivity contribution is 9.10. The van der Waals surface area contributed by atoms with E-state index in [-0.39, 0.29) is 0 Å². The molecule has 0 amide bonds. The van der Waals surface area contributed by atoms with Crippen LogP contribution in [0.5, 0.6) is 5.75 Å². The molecular weight excluding hydrogens is 302 g/mol. The van der Waals surface area contributed by atoms with Crippen molar-refractivity contribution in [1.29, 1.82) is 0 Å². The minimum Gasteiger partial charge on any atom is -0.497 e. The fourth-order valence-corrected chi connectivity index (χ4v) is 2.37. The van der Waals surface area contributed by atoms with E-state index in [1.165, 1.54) is 5.56 Å². The Morgan fingerprint density at radius 2 is 1.84 bits per heavy atom. The molecule has 0 spiro atoms. The Hall–Kier alpha value is -1.32. The van der Waals surface area contributed by atoms with Crippen molar-refractivity contribution < 1.29 is 4.74 Å². The quantitative estimate of drug-likeness (QED) is 0.928. The molecule has 0 bridgehead atoms. The lowest BCUT2D eigenvalue weighted by Crippen LogP contribution is -2.35. The molecule has 0 aliphatic carbocycles. The summed E-state index contributed by atoms with van der Waals surface area (Å²) in [4.78, 5) is 0. The zero-order chi connectivity index (χ0) is 13.9. The molecule has 19 heavy (non-hydrogen) atoms. The molecule has 0 aliphatic heterocycles. The molecule has 0 saturated heterocycles. The summed E-state index contributed by atoms with van der Waals surface area (Å²) in [7, 11) is 1.67. The number of methoxy groups -OCH3 is 1. The Kier molecular flexibility index (Phi) is 4.27. The van der Waals surface area contributed by atoms with E-state index in [1.54, 1.807) is 7.11 Å². The fourth-order valence-electron chi connectivity index (χ4n) is 2.11. The third-order valence-corrected chi connectivity index (χ3v) is 3.74. The van der Waals surface area contributed by atoms with Gasteiger partial charge in [-0.05, 0) is 48.7 Å². The summed E-state index contributed by atoms with van der Waals surface area (Å²) in [6, 6.07) is 16.2. The van der Waals surface area contributed by atoms with E-state index < -0.39 is 5.54 Å². The lowest BCUT2D eigenvalue weighted by Gasteiger charge is -2.26. The zero-order valence-corrected chi connectivity index (χ0v) is 12.8. The third-order valence-electron chi connectivity index (χ3n) is 3.21. The largest absolute Gasteiger partial charge is 0.497 e. The lowest BCUT2D eigenvalue weighted by atomic mass is 9.86. The van der Waals surface area contributed by atoms with Gasteiger partial charge in [-0.25, -0.2) is 0 Å². The van der Waals surface area contributed by atoms with E-state index in [0.29, 0.717) is 0 Å². The van der Waals surface area contributed by atoms with Crippen LogP contribution in [0.15, 0.2) is 53.0 Å². The van der Waals surface area contributed by atoms with Crippen molar-refractivity contribution in [3.05, 3.63) is 64.1 Å². The van der Waals surface area contributed by atoms with Crippen molar-refractivity contribution in [3.8, 4) is 5.75 Å². The van der Waals surface area contributed by atoms with Gasteiger partial charge in [0.05, 0.1) is 7.11 Å². The maximum Gasteiger partial charge on any atom is 0.119 e. The first-order valence-electron chi connectivity index (χ1n) is 6.19. The lowest BCUT2D eigenvalue weighted by molar-refractivity contribution is 0.410. The van der Waals surface area contributed by atoms with Gasteiger partial charge in [-0.15, -0.1) is 0 Å². The monoisotopic (exact) mass is 319 g/mol. The fraction of sp³-hybridized carbons (Fsp3) is 0.250. The number of ether oxygens (including phenoxy) is 1. The van der Waals surface area contributed by atoms with Gasteiger partial charge < -0.3 is 10.5 Å². The molecule has 1 atom stereocenters. The second-order valence-corrected chi connectivity index (χ2v) is 5.87. The average molecular weight is 320 g/mol. The van der Waals surface area contributed by atoms with Gasteiger partial charge in [-0.1, -0.05) is 40.2 Å². The van der Waals surface area contributed by atoms with Gasteiger partial charge in [0, 0.05) is 10.0 Å². The van der Waals surface area contributed by atoms with Crippen LogP contribution in [0.1, 0.15) is 18.1 Å². The minimum atomic E-state index is -0.414. The molecule has 2 rings (SSSR count). The van der Waals surface area contributed by atoms with Crippen molar-refractivity contribution in [2.45, 2.75) is 18.9 Å². The molecule has 0 saturated carbocycles. The van der Waals surface area contributed by atoms with Crippen LogP contribution in [0.2, 0.25) is 0 Å². The molecule has 2 N–H and O–H groups in total. The van der Waals surface area contributed by atoms with Crippen LogP contribution < -0.4 is 10.5 Å². The van der Waals surface area contributed by atoms with E-state index in [1.807, 2.05) is 43.3 Å². The molecular formula is C16H18BrNO. The SMILES string of the molecule is COc1cccc(C(C)(N)Cc2ccc(Br)cc2)c1. The number of benzene rings is 2.